The van der Waals surface area contributed by atoms with Crippen molar-refractivity contribution in [1.82, 2.24) is 14.6 Å². The molecular weight excluding hydrogens is 358 g/mol. The molecule has 1 fully saturated rings. The molecule has 3 heterocycles. The summed E-state index contributed by atoms with van der Waals surface area (Å²) in [5.41, 5.74) is 2.97. The van der Waals surface area contributed by atoms with E-state index in [0.717, 1.165) is 16.8 Å². The van der Waals surface area contributed by atoms with Gasteiger partial charge in [-0.2, -0.15) is 11.3 Å². The molecule has 0 unspecified atom stereocenters. The lowest BCUT2D eigenvalue weighted by Crippen LogP contribution is -2.42. The van der Waals surface area contributed by atoms with Gasteiger partial charge in [0.1, 0.15) is 0 Å². The second-order valence-electron chi connectivity index (χ2n) is 6.22. The van der Waals surface area contributed by atoms with E-state index in [4.69, 9.17) is 0 Å². The van der Waals surface area contributed by atoms with Gasteiger partial charge in [0.15, 0.2) is 0 Å². The number of nitrogens with zero attached hydrogens (tertiary/aromatic N) is 2. The zero-order valence-corrected chi connectivity index (χ0v) is 15.6. The molecule has 1 aliphatic rings. The first-order valence-corrected chi connectivity index (χ1v) is 10.9. The van der Waals surface area contributed by atoms with Crippen LogP contribution in [0.15, 0.2) is 35.2 Å². The first-order valence-electron chi connectivity index (χ1n) is 8.14. The van der Waals surface area contributed by atoms with Crippen molar-refractivity contribution >= 4 is 27.3 Å². The summed E-state index contributed by atoms with van der Waals surface area (Å²) >= 11 is 1.62. The van der Waals surface area contributed by atoms with Gasteiger partial charge in [0.05, 0.1) is 11.9 Å². The minimum atomic E-state index is -3.16. The van der Waals surface area contributed by atoms with Gasteiger partial charge in [0.2, 0.25) is 15.9 Å². The Labute approximate surface area is 151 Å². The average molecular weight is 380 g/mol. The van der Waals surface area contributed by atoms with Gasteiger partial charge in [-0.25, -0.2) is 12.7 Å². The molecule has 0 atom stereocenters. The molecular formula is C17H21N3O3S2. The third-order valence-electron chi connectivity index (χ3n) is 4.40. The molecule has 0 aromatic carbocycles. The zero-order valence-electron chi connectivity index (χ0n) is 14.0. The minimum absolute atomic E-state index is 0.0120. The fraction of sp³-hybridized carbons (Fsp3) is 0.412. The van der Waals surface area contributed by atoms with Crippen LogP contribution < -0.4 is 5.32 Å². The second kappa shape index (κ2) is 7.63. The summed E-state index contributed by atoms with van der Waals surface area (Å²) in [4.78, 5) is 16.7. The van der Waals surface area contributed by atoms with Crippen LogP contribution in [0, 0.1) is 5.92 Å². The minimum Gasteiger partial charge on any atom is -0.352 e. The molecule has 0 radical (unpaired) electrons. The van der Waals surface area contributed by atoms with Crippen molar-refractivity contribution in [1.29, 1.82) is 0 Å². The van der Waals surface area contributed by atoms with Gasteiger partial charge in [-0.05, 0) is 42.0 Å². The molecule has 3 rings (SSSR count). The maximum absolute atomic E-state index is 12.3. The fourth-order valence-electron chi connectivity index (χ4n) is 2.94. The van der Waals surface area contributed by atoms with Crippen LogP contribution in [0.4, 0.5) is 0 Å². The molecule has 1 aliphatic heterocycles. The van der Waals surface area contributed by atoms with E-state index in [-0.39, 0.29) is 11.8 Å². The van der Waals surface area contributed by atoms with Crippen LogP contribution in [0.1, 0.15) is 18.4 Å². The number of hydrogen-bond acceptors (Lipinski definition) is 5. The molecule has 1 amide bonds. The summed E-state index contributed by atoms with van der Waals surface area (Å²) in [6.07, 6.45) is 4.09. The van der Waals surface area contributed by atoms with Crippen LogP contribution in [0.2, 0.25) is 0 Å². The molecule has 2 aromatic rings. The molecule has 0 saturated carbocycles. The van der Waals surface area contributed by atoms with Crippen molar-refractivity contribution in [3.8, 4) is 11.3 Å². The van der Waals surface area contributed by atoms with E-state index in [9.17, 15) is 13.2 Å². The summed E-state index contributed by atoms with van der Waals surface area (Å²) in [7, 11) is -3.16. The Hall–Kier alpha value is -1.77. The number of carbonyl (C=O) groups excluding carboxylic acids is 1. The average Bonchev–Trinajstić information content (AvgIpc) is 3.14. The van der Waals surface area contributed by atoms with Crippen LogP contribution in [-0.4, -0.2) is 43.0 Å². The summed E-state index contributed by atoms with van der Waals surface area (Å²) in [6.45, 7) is 1.27. The van der Waals surface area contributed by atoms with E-state index >= 15 is 0 Å². The van der Waals surface area contributed by atoms with Gasteiger partial charge in [0.25, 0.3) is 0 Å². The summed E-state index contributed by atoms with van der Waals surface area (Å²) < 4.78 is 24.5. The smallest absolute Gasteiger partial charge is 0.223 e. The van der Waals surface area contributed by atoms with Gasteiger partial charge in [-0.3, -0.25) is 9.78 Å². The van der Waals surface area contributed by atoms with E-state index < -0.39 is 10.0 Å². The quantitative estimate of drug-likeness (QED) is 0.863. The van der Waals surface area contributed by atoms with Crippen LogP contribution in [-0.2, 0) is 21.4 Å². The topological polar surface area (TPSA) is 79.4 Å². The number of hydrogen-bond donors (Lipinski definition) is 1. The highest BCUT2D eigenvalue weighted by molar-refractivity contribution is 7.88. The molecule has 25 heavy (non-hydrogen) atoms. The standard InChI is InChI=1S/C17H21N3O3S2/c1-25(22,23)20-7-3-14(4-8-20)17(21)19-11-13-2-6-18-16(10-13)15-5-9-24-12-15/h2,5-6,9-10,12,14H,3-4,7-8,11H2,1H3,(H,19,21). The van der Waals surface area contributed by atoms with Gasteiger partial charge < -0.3 is 5.32 Å². The highest BCUT2D eigenvalue weighted by Crippen LogP contribution is 2.21. The lowest BCUT2D eigenvalue weighted by molar-refractivity contribution is -0.126. The van der Waals surface area contributed by atoms with E-state index in [1.54, 1.807) is 17.5 Å². The number of thiophene rings is 1. The van der Waals surface area contributed by atoms with Crippen LogP contribution in [0.3, 0.4) is 0 Å². The molecule has 6 nitrogen and oxygen atoms in total. The van der Waals surface area contributed by atoms with Crippen molar-refractivity contribution in [2.45, 2.75) is 19.4 Å². The van der Waals surface area contributed by atoms with E-state index in [0.29, 0.717) is 32.5 Å². The number of rotatable bonds is 5. The molecule has 1 saturated heterocycles. The van der Waals surface area contributed by atoms with E-state index in [1.807, 2.05) is 29.0 Å². The van der Waals surface area contributed by atoms with Crippen LogP contribution >= 0.6 is 11.3 Å². The van der Waals surface area contributed by atoms with E-state index in [2.05, 4.69) is 10.3 Å². The molecule has 0 spiro atoms. The molecule has 8 heteroatoms. The van der Waals surface area contributed by atoms with Gasteiger partial charge >= 0.3 is 0 Å². The Bertz CT molecular complexity index is 827. The normalized spacial score (nSPS) is 16.7. The Balaban J connectivity index is 1.54. The summed E-state index contributed by atoms with van der Waals surface area (Å²) in [5.74, 6) is -0.141. The molecule has 1 N–H and O–H groups in total. The predicted octanol–water partition coefficient (Wildman–Crippen LogP) is 2.10. The van der Waals surface area contributed by atoms with Gasteiger partial charge in [-0.1, -0.05) is 0 Å². The number of piperidine rings is 1. The summed E-state index contributed by atoms with van der Waals surface area (Å²) in [5, 5.41) is 7.01. The number of carbonyl (C=O) groups is 1. The van der Waals surface area contributed by atoms with Crippen molar-refractivity contribution in [3.63, 3.8) is 0 Å². The van der Waals surface area contributed by atoms with Crippen molar-refractivity contribution in [2.75, 3.05) is 19.3 Å². The number of pyridine rings is 1. The monoisotopic (exact) mass is 379 g/mol. The number of amides is 1. The lowest BCUT2D eigenvalue weighted by atomic mass is 9.97. The molecule has 0 aliphatic carbocycles. The lowest BCUT2D eigenvalue weighted by Gasteiger charge is -2.29. The fourth-order valence-corrected chi connectivity index (χ4v) is 4.46. The maximum Gasteiger partial charge on any atom is 0.223 e. The Morgan fingerprint density at radius 3 is 2.76 bits per heavy atom. The second-order valence-corrected chi connectivity index (χ2v) is 8.98. The van der Waals surface area contributed by atoms with Crippen molar-refractivity contribution in [2.24, 2.45) is 5.92 Å². The largest absolute Gasteiger partial charge is 0.352 e. The van der Waals surface area contributed by atoms with Gasteiger partial charge in [-0.15, -0.1) is 0 Å². The maximum atomic E-state index is 12.3. The predicted molar refractivity (Wildman–Crippen MR) is 98.5 cm³/mol. The van der Waals surface area contributed by atoms with Crippen LogP contribution in [0.5, 0.6) is 0 Å². The Kier molecular flexibility index (Phi) is 5.51. The SMILES string of the molecule is CS(=O)(=O)N1CCC(C(=O)NCc2ccnc(-c3ccsc3)c2)CC1. The number of aromatic nitrogens is 1. The summed E-state index contributed by atoms with van der Waals surface area (Å²) in [6, 6.07) is 5.89. The molecule has 0 bridgehead atoms. The van der Waals surface area contributed by atoms with Crippen molar-refractivity contribution < 1.29 is 13.2 Å². The third kappa shape index (κ3) is 4.65. The van der Waals surface area contributed by atoms with Crippen LogP contribution in [0.25, 0.3) is 11.3 Å². The van der Waals surface area contributed by atoms with E-state index in [1.165, 1.54) is 10.6 Å². The highest BCUT2D eigenvalue weighted by Gasteiger charge is 2.28. The molecule has 134 valence electrons. The highest BCUT2D eigenvalue weighted by atomic mass is 32.2. The van der Waals surface area contributed by atoms with Crippen molar-refractivity contribution in [3.05, 3.63) is 40.7 Å². The number of sulfonamides is 1. The third-order valence-corrected chi connectivity index (χ3v) is 6.39. The Morgan fingerprint density at radius 2 is 2.12 bits per heavy atom. The Morgan fingerprint density at radius 1 is 1.36 bits per heavy atom. The first kappa shape index (κ1) is 18.0. The zero-order chi connectivity index (χ0) is 17.9. The van der Waals surface area contributed by atoms with Gasteiger partial charge in [0, 0.05) is 42.7 Å². The number of nitrogens with one attached hydrogen (secondary N) is 1. The first-order chi connectivity index (χ1) is 11.9. The molecule has 2 aromatic heterocycles.